The van der Waals surface area contributed by atoms with Crippen molar-refractivity contribution in [3.63, 3.8) is 0 Å². The first kappa shape index (κ1) is 19.2. The second kappa shape index (κ2) is 8.10. The number of hydrogen-bond acceptors (Lipinski definition) is 5. The number of amides is 1. The third-order valence-electron chi connectivity index (χ3n) is 4.14. The maximum Gasteiger partial charge on any atom is 0.229 e. The van der Waals surface area contributed by atoms with Gasteiger partial charge in [0.05, 0.1) is 28.5 Å². The number of nitrogens with zero attached hydrogens (tertiary/aromatic N) is 4. The largest absolute Gasteiger partial charge is 0.324 e. The van der Waals surface area contributed by atoms with Crippen LogP contribution in [0.1, 0.15) is 9.88 Å². The van der Waals surface area contributed by atoms with Crippen LogP contribution in [0.15, 0.2) is 55.1 Å². The highest BCUT2D eigenvalue weighted by molar-refractivity contribution is 7.12. The second-order valence-corrected chi connectivity index (χ2v) is 7.96. The number of aryl methyl sites for hydroxylation is 1. The van der Waals surface area contributed by atoms with Gasteiger partial charge in [0.15, 0.2) is 0 Å². The van der Waals surface area contributed by atoms with Crippen LogP contribution < -0.4 is 5.32 Å². The molecule has 0 spiro atoms. The standard InChI is InChI=1S/C20H15ClFN5OS/c1-12-25-20(13-2-5-15(22)6-3-13)18(29-12)9-19(28)26-16-8-14(21)4-7-17(16)27-11-23-10-24-27/h2-8,10-11H,9H2,1H3,(H,26,28). The number of rotatable bonds is 5. The summed E-state index contributed by atoms with van der Waals surface area (Å²) >= 11 is 7.55. The van der Waals surface area contributed by atoms with E-state index in [9.17, 15) is 9.18 Å². The highest BCUT2D eigenvalue weighted by atomic mass is 35.5. The van der Waals surface area contributed by atoms with E-state index in [4.69, 9.17) is 11.6 Å². The minimum absolute atomic E-state index is 0.127. The van der Waals surface area contributed by atoms with E-state index < -0.39 is 0 Å². The van der Waals surface area contributed by atoms with E-state index in [0.29, 0.717) is 22.1 Å². The Morgan fingerprint density at radius 3 is 2.76 bits per heavy atom. The lowest BCUT2D eigenvalue weighted by Gasteiger charge is -2.11. The monoisotopic (exact) mass is 427 g/mol. The molecule has 4 rings (SSSR count). The summed E-state index contributed by atoms with van der Waals surface area (Å²) in [5.41, 5.74) is 2.63. The van der Waals surface area contributed by atoms with Crippen molar-refractivity contribution >= 4 is 34.5 Å². The van der Waals surface area contributed by atoms with Crippen molar-refractivity contribution in [2.45, 2.75) is 13.3 Å². The third-order valence-corrected chi connectivity index (χ3v) is 5.35. The van der Waals surface area contributed by atoms with Crippen LogP contribution in [0.5, 0.6) is 0 Å². The van der Waals surface area contributed by atoms with Crippen LogP contribution in [-0.2, 0) is 11.2 Å². The third kappa shape index (κ3) is 4.33. The molecule has 2 aromatic heterocycles. The molecule has 0 saturated heterocycles. The van der Waals surface area contributed by atoms with Gasteiger partial charge in [-0.15, -0.1) is 11.3 Å². The van der Waals surface area contributed by atoms with Crippen LogP contribution in [0.4, 0.5) is 10.1 Å². The van der Waals surface area contributed by atoms with Gasteiger partial charge in [0.1, 0.15) is 18.5 Å². The highest BCUT2D eigenvalue weighted by Gasteiger charge is 2.17. The minimum atomic E-state index is -0.318. The Morgan fingerprint density at radius 2 is 2.03 bits per heavy atom. The fraction of sp³-hybridized carbons (Fsp3) is 0.100. The molecule has 2 aromatic carbocycles. The number of thiazole rings is 1. The molecule has 0 unspecified atom stereocenters. The fourth-order valence-electron chi connectivity index (χ4n) is 2.90. The summed E-state index contributed by atoms with van der Waals surface area (Å²) in [4.78, 5) is 22.0. The van der Waals surface area contributed by atoms with Crippen LogP contribution in [0.3, 0.4) is 0 Å². The zero-order valence-electron chi connectivity index (χ0n) is 15.3. The number of carbonyl (C=O) groups is 1. The lowest BCUT2D eigenvalue weighted by Crippen LogP contribution is -2.16. The van der Waals surface area contributed by atoms with E-state index in [1.807, 2.05) is 6.92 Å². The number of nitrogens with one attached hydrogen (secondary N) is 1. The highest BCUT2D eigenvalue weighted by Crippen LogP contribution is 2.30. The molecule has 0 bridgehead atoms. The molecule has 0 fully saturated rings. The molecule has 9 heteroatoms. The summed E-state index contributed by atoms with van der Waals surface area (Å²) in [5.74, 6) is -0.540. The first-order chi connectivity index (χ1) is 14.0. The Kier molecular flexibility index (Phi) is 5.37. The van der Waals surface area contributed by atoms with E-state index in [-0.39, 0.29) is 18.1 Å². The molecule has 0 atom stereocenters. The first-order valence-electron chi connectivity index (χ1n) is 8.66. The molecule has 4 aromatic rings. The Balaban J connectivity index is 1.59. The average Bonchev–Trinajstić information content (AvgIpc) is 3.32. The van der Waals surface area contributed by atoms with Gasteiger partial charge in [-0.25, -0.2) is 19.0 Å². The van der Waals surface area contributed by atoms with Gasteiger partial charge < -0.3 is 5.32 Å². The predicted octanol–water partition coefficient (Wildman–Crippen LogP) is 4.67. The van der Waals surface area contributed by atoms with Crippen molar-refractivity contribution in [2.24, 2.45) is 0 Å². The summed E-state index contributed by atoms with van der Waals surface area (Å²) in [6.45, 7) is 1.87. The van der Waals surface area contributed by atoms with Crippen molar-refractivity contribution in [3.05, 3.63) is 75.8 Å². The Labute approximate surface area is 175 Å². The number of aromatic nitrogens is 4. The van der Waals surface area contributed by atoms with Crippen molar-refractivity contribution in [2.75, 3.05) is 5.32 Å². The number of hydrogen-bond donors (Lipinski definition) is 1. The lowest BCUT2D eigenvalue weighted by atomic mass is 10.1. The summed E-state index contributed by atoms with van der Waals surface area (Å²) in [6.07, 6.45) is 3.08. The van der Waals surface area contributed by atoms with E-state index in [2.05, 4.69) is 20.4 Å². The summed E-state index contributed by atoms with van der Waals surface area (Å²) < 4.78 is 14.8. The molecule has 0 radical (unpaired) electrons. The molecule has 29 heavy (non-hydrogen) atoms. The van der Waals surface area contributed by atoms with E-state index in [0.717, 1.165) is 15.4 Å². The van der Waals surface area contributed by atoms with Gasteiger partial charge in [-0.05, 0) is 49.4 Å². The quantitative estimate of drug-likeness (QED) is 0.502. The average molecular weight is 428 g/mol. The van der Waals surface area contributed by atoms with Crippen molar-refractivity contribution in [3.8, 4) is 16.9 Å². The summed E-state index contributed by atoms with van der Waals surface area (Å²) in [5, 5.41) is 8.32. The molecular weight excluding hydrogens is 413 g/mol. The van der Waals surface area contributed by atoms with Crippen LogP contribution in [-0.4, -0.2) is 25.7 Å². The Morgan fingerprint density at radius 1 is 1.24 bits per heavy atom. The van der Waals surface area contributed by atoms with Gasteiger partial charge in [0, 0.05) is 15.5 Å². The molecule has 1 N–H and O–H groups in total. The molecule has 6 nitrogen and oxygen atoms in total. The van der Waals surface area contributed by atoms with Crippen LogP contribution in [0.25, 0.3) is 16.9 Å². The van der Waals surface area contributed by atoms with Crippen LogP contribution in [0, 0.1) is 12.7 Å². The summed E-state index contributed by atoms with van der Waals surface area (Å²) in [6, 6.07) is 11.2. The molecule has 1 amide bonds. The molecule has 0 saturated carbocycles. The number of carbonyl (C=O) groups excluding carboxylic acids is 1. The smallest absolute Gasteiger partial charge is 0.229 e. The molecule has 0 aliphatic carbocycles. The Hall–Kier alpha value is -3.10. The van der Waals surface area contributed by atoms with E-state index >= 15 is 0 Å². The second-order valence-electron chi connectivity index (χ2n) is 6.24. The molecule has 146 valence electrons. The summed E-state index contributed by atoms with van der Waals surface area (Å²) in [7, 11) is 0. The van der Waals surface area contributed by atoms with Crippen molar-refractivity contribution < 1.29 is 9.18 Å². The van der Waals surface area contributed by atoms with E-state index in [1.54, 1.807) is 35.0 Å². The zero-order valence-corrected chi connectivity index (χ0v) is 16.8. The SMILES string of the molecule is Cc1nc(-c2ccc(F)cc2)c(CC(=O)Nc2cc(Cl)ccc2-n2cncn2)s1. The number of anilines is 1. The first-order valence-corrected chi connectivity index (χ1v) is 9.85. The zero-order chi connectivity index (χ0) is 20.4. The van der Waals surface area contributed by atoms with Crippen LogP contribution >= 0.6 is 22.9 Å². The molecule has 2 heterocycles. The Bertz CT molecular complexity index is 1160. The van der Waals surface area contributed by atoms with Gasteiger partial charge >= 0.3 is 0 Å². The van der Waals surface area contributed by atoms with E-state index in [1.165, 1.54) is 36.1 Å². The van der Waals surface area contributed by atoms with Gasteiger partial charge in [0.2, 0.25) is 5.91 Å². The van der Waals surface area contributed by atoms with Crippen molar-refractivity contribution in [1.29, 1.82) is 0 Å². The maximum absolute atomic E-state index is 13.2. The van der Waals surface area contributed by atoms with Crippen LogP contribution in [0.2, 0.25) is 5.02 Å². The molecule has 0 aliphatic rings. The molecular formula is C20H15ClFN5OS. The minimum Gasteiger partial charge on any atom is -0.324 e. The number of benzene rings is 2. The fourth-order valence-corrected chi connectivity index (χ4v) is 4.03. The normalized spacial score (nSPS) is 10.9. The number of halogens is 2. The van der Waals surface area contributed by atoms with Gasteiger partial charge in [-0.2, -0.15) is 5.10 Å². The maximum atomic E-state index is 13.2. The van der Waals surface area contributed by atoms with Gasteiger partial charge in [0.25, 0.3) is 0 Å². The van der Waals surface area contributed by atoms with Gasteiger partial charge in [-0.1, -0.05) is 11.6 Å². The lowest BCUT2D eigenvalue weighted by molar-refractivity contribution is -0.115. The predicted molar refractivity (Wildman–Crippen MR) is 111 cm³/mol. The van der Waals surface area contributed by atoms with Crippen molar-refractivity contribution in [1.82, 2.24) is 19.7 Å². The molecule has 0 aliphatic heterocycles. The topological polar surface area (TPSA) is 72.7 Å². The van der Waals surface area contributed by atoms with Gasteiger partial charge in [-0.3, -0.25) is 4.79 Å².